The minimum atomic E-state index is -0.540. The number of hydrogen-bond acceptors (Lipinski definition) is 4. The highest BCUT2D eigenvalue weighted by Crippen LogP contribution is 2.22. The number of alkyl carbamates (subject to hydrolysis) is 1. The van der Waals surface area contributed by atoms with Crippen molar-refractivity contribution in [3.63, 3.8) is 0 Å². The number of Topliss-reactive ketones (excluding diaryl/α,β-unsaturated/α-hetero) is 1. The third-order valence-electron chi connectivity index (χ3n) is 4.17. The van der Waals surface area contributed by atoms with Gasteiger partial charge in [0.05, 0.1) is 0 Å². The molecule has 0 radical (unpaired) electrons. The molecule has 2 N–H and O–H groups in total. The van der Waals surface area contributed by atoms with Crippen LogP contribution in [0.25, 0.3) is 0 Å². The number of carbonyl (C=O) groups excluding carboxylic acids is 2. The standard InChI is InChI=1S/C18H27NO4/c1-12(2)17(16(10-20)13(3)14(4)21)19-18(22)23-11-15-8-6-5-7-9-15/h5-9,12-13,16-17,20H,10-11H2,1-4H3,(H,19,22)/t13?,16?,17-/m0/s1. The van der Waals surface area contributed by atoms with Gasteiger partial charge in [0.2, 0.25) is 0 Å². The van der Waals surface area contributed by atoms with Crippen LogP contribution < -0.4 is 5.32 Å². The van der Waals surface area contributed by atoms with Gasteiger partial charge in [-0.25, -0.2) is 4.79 Å². The van der Waals surface area contributed by atoms with E-state index in [1.54, 1.807) is 6.92 Å². The van der Waals surface area contributed by atoms with Crippen LogP contribution in [0.15, 0.2) is 30.3 Å². The number of amides is 1. The molecule has 23 heavy (non-hydrogen) atoms. The highest BCUT2D eigenvalue weighted by molar-refractivity contribution is 5.78. The zero-order valence-electron chi connectivity index (χ0n) is 14.3. The van der Waals surface area contributed by atoms with E-state index < -0.39 is 6.09 Å². The second-order valence-electron chi connectivity index (χ2n) is 6.22. The summed E-state index contributed by atoms with van der Waals surface area (Å²) in [6, 6.07) is 9.08. The lowest BCUT2D eigenvalue weighted by molar-refractivity contribution is -0.123. The van der Waals surface area contributed by atoms with Crippen LogP contribution in [0.2, 0.25) is 0 Å². The monoisotopic (exact) mass is 321 g/mol. The fourth-order valence-corrected chi connectivity index (χ4v) is 2.55. The molecule has 128 valence electrons. The maximum atomic E-state index is 12.0. The van der Waals surface area contributed by atoms with Crippen molar-refractivity contribution in [2.45, 2.75) is 40.3 Å². The van der Waals surface area contributed by atoms with Crippen LogP contribution in [0.1, 0.15) is 33.3 Å². The van der Waals surface area contributed by atoms with Crippen LogP contribution in [0.4, 0.5) is 4.79 Å². The van der Waals surface area contributed by atoms with Crippen molar-refractivity contribution in [1.29, 1.82) is 0 Å². The number of rotatable bonds is 8. The van der Waals surface area contributed by atoms with Crippen LogP contribution in [-0.2, 0) is 16.1 Å². The van der Waals surface area contributed by atoms with Crippen molar-refractivity contribution in [3.05, 3.63) is 35.9 Å². The highest BCUT2D eigenvalue weighted by Gasteiger charge is 2.32. The molecule has 0 heterocycles. The molecular formula is C18H27NO4. The smallest absolute Gasteiger partial charge is 0.407 e. The Morgan fingerprint density at radius 3 is 2.26 bits per heavy atom. The molecule has 0 saturated heterocycles. The lowest BCUT2D eigenvalue weighted by Gasteiger charge is -2.32. The molecule has 5 nitrogen and oxygen atoms in total. The van der Waals surface area contributed by atoms with E-state index in [1.165, 1.54) is 6.92 Å². The van der Waals surface area contributed by atoms with E-state index in [-0.39, 0.29) is 42.8 Å². The van der Waals surface area contributed by atoms with Crippen molar-refractivity contribution in [2.24, 2.45) is 17.8 Å². The second-order valence-corrected chi connectivity index (χ2v) is 6.22. The van der Waals surface area contributed by atoms with Gasteiger partial charge in [0.25, 0.3) is 0 Å². The van der Waals surface area contributed by atoms with Gasteiger partial charge in [0, 0.05) is 24.5 Å². The summed E-state index contributed by atoms with van der Waals surface area (Å²) >= 11 is 0. The molecule has 0 saturated carbocycles. The summed E-state index contributed by atoms with van der Waals surface area (Å²) in [5.74, 6) is -0.606. The summed E-state index contributed by atoms with van der Waals surface area (Å²) in [5.41, 5.74) is 0.902. The molecule has 1 aromatic carbocycles. The minimum Gasteiger partial charge on any atom is -0.445 e. The van der Waals surface area contributed by atoms with Gasteiger partial charge in [0.15, 0.2) is 0 Å². The molecule has 3 atom stereocenters. The Labute approximate surface area is 138 Å². The maximum absolute atomic E-state index is 12.0. The first kappa shape index (κ1) is 19.2. The van der Waals surface area contributed by atoms with Crippen LogP contribution in [0, 0.1) is 17.8 Å². The largest absolute Gasteiger partial charge is 0.445 e. The molecule has 0 aromatic heterocycles. The predicted molar refractivity (Wildman–Crippen MR) is 88.8 cm³/mol. The maximum Gasteiger partial charge on any atom is 0.407 e. The van der Waals surface area contributed by atoms with Crippen LogP contribution in [-0.4, -0.2) is 29.6 Å². The summed E-state index contributed by atoms with van der Waals surface area (Å²) in [6.45, 7) is 7.18. The van der Waals surface area contributed by atoms with E-state index in [1.807, 2.05) is 44.2 Å². The normalized spacial score (nSPS) is 14.9. The third kappa shape index (κ3) is 6.02. The van der Waals surface area contributed by atoms with Crippen molar-refractivity contribution in [1.82, 2.24) is 5.32 Å². The first-order valence-electron chi connectivity index (χ1n) is 7.95. The molecule has 0 fully saturated rings. The Morgan fingerprint density at radius 1 is 1.17 bits per heavy atom. The van der Waals surface area contributed by atoms with Crippen molar-refractivity contribution < 1.29 is 19.4 Å². The van der Waals surface area contributed by atoms with Crippen LogP contribution >= 0.6 is 0 Å². The molecule has 1 rings (SSSR count). The molecule has 0 aliphatic carbocycles. The highest BCUT2D eigenvalue weighted by atomic mass is 16.5. The summed E-state index contributed by atoms with van der Waals surface area (Å²) < 4.78 is 5.23. The van der Waals surface area contributed by atoms with Crippen LogP contribution in [0.5, 0.6) is 0 Å². The number of ether oxygens (including phenoxy) is 1. The van der Waals surface area contributed by atoms with E-state index in [4.69, 9.17) is 4.74 Å². The van der Waals surface area contributed by atoms with E-state index >= 15 is 0 Å². The first-order valence-corrected chi connectivity index (χ1v) is 7.95. The van der Waals surface area contributed by atoms with Gasteiger partial charge in [-0.1, -0.05) is 51.1 Å². The van der Waals surface area contributed by atoms with Crippen molar-refractivity contribution in [2.75, 3.05) is 6.61 Å². The van der Waals surface area contributed by atoms with Gasteiger partial charge >= 0.3 is 6.09 Å². The average molecular weight is 321 g/mol. The number of nitrogens with one attached hydrogen (secondary N) is 1. The van der Waals surface area contributed by atoms with E-state index in [0.29, 0.717) is 0 Å². The topological polar surface area (TPSA) is 75.6 Å². The lowest BCUT2D eigenvalue weighted by Crippen LogP contribution is -2.48. The summed E-state index contributed by atoms with van der Waals surface area (Å²) in [6.07, 6.45) is -0.540. The Kier molecular flexibility index (Phi) is 7.75. The van der Waals surface area contributed by atoms with Gasteiger partial charge in [0.1, 0.15) is 12.4 Å². The molecule has 1 aromatic rings. The lowest BCUT2D eigenvalue weighted by atomic mass is 9.80. The number of carbonyl (C=O) groups is 2. The Bertz CT molecular complexity index is 501. The predicted octanol–water partition coefficient (Wildman–Crippen LogP) is 2.77. The van der Waals surface area contributed by atoms with Crippen LogP contribution in [0.3, 0.4) is 0 Å². The average Bonchev–Trinajstić information content (AvgIpc) is 2.53. The fourth-order valence-electron chi connectivity index (χ4n) is 2.55. The van der Waals surface area contributed by atoms with Gasteiger partial charge < -0.3 is 15.2 Å². The molecule has 0 aliphatic heterocycles. The number of hydrogen-bond donors (Lipinski definition) is 2. The Balaban J connectivity index is 2.67. The van der Waals surface area contributed by atoms with E-state index in [9.17, 15) is 14.7 Å². The zero-order valence-corrected chi connectivity index (χ0v) is 14.3. The van der Waals surface area contributed by atoms with E-state index in [0.717, 1.165) is 5.56 Å². The molecule has 1 amide bonds. The Hall–Kier alpha value is -1.88. The van der Waals surface area contributed by atoms with Gasteiger partial charge in [-0.2, -0.15) is 0 Å². The molecule has 0 bridgehead atoms. The summed E-state index contributed by atoms with van der Waals surface area (Å²) in [5, 5.41) is 12.4. The first-order chi connectivity index (χ1) is 10.9. The molecule has 0 aliphatic rings. The van der Waals surface area contributed by atoms with Gasteiger partial charge in [-0.3, -0.25) is 4.79 Å². The Morgan fingerprint density at radius 2 is 1.78 bits per heavy atom. The number of benzene rings is 1. The van der Waals surface area contributed by atoms with Gasteiger partial charge in [-0.15, -0.1) is 0 Å². The quantitative estimate of drug-likeness (QED) is 0.772. The molecular weight excluding hydrogens is 294 g/mol. The summed E-state index contributed by atoms with van der Waals surface area (Å²) in [4.78, 5) is 23.7. The SMILES string of the molecule is CC(=O)C(C)C(CO)[C@@H](NC(=O)OCc1ccccc1)C(C)C. The molecule has 5 heteroatoms. The van der Waals surface area contributed by atoms with Crippen molar-refractivity contribution >= 4 is 11.9 Å². The molecule has 2 unspecified atom stereocenters. The van der Waals surface area contributed by atoms with Crippen molar-refractivity contribution in [3.8, 4) is 0 Å². The zero-order chi connectivity index (χ0) is 17.4. The second kappa shape index (κ2) is 9.30. The number of aliphatic hydroxyl groups excluding tert-OH is 1. The fraction of sp³-hybridized carbons (Fsp3) is 0.556. The summed E-state index contributed by atoms with van der Waals surface area (Å²) in [7, 11) is 0. The number of aliphatic hydroxyl groups is 1. The number of ketones is 1. The molecule has 0 spiro atoms. The van der Waals surface area contributed by atoms with Gasteiger partial charge in [-0.05, 0) is 18.4 Å². The minimum absolute atomic E-state index is 0.00541. The van der Waals surface area contributed by atoms with E-state index in [2.05, 4.69) is 5.32 Å². The third-order valence-corrected chi connectivity index (χ3v) is 4.17.